The number of aromatic nitrogens is 3. The normalized spacial score (nSPS) is 11.9. The highest BCUT2D eigenvalue weighted by molar-refractivity contribution is 9.10. The van der Waals surface area contributed by atoms with Gasteiger partial charge in [-0.2, -0.15) is 0 Å². The maximum atomic E-state index is 15.2. The first-order chi connectivity index (χ1) is 17.2. The van der Waals surface area contributed by atoms with Crippen LogP contribution in [0.15, 0.2) is 85.6 Å². The third kappa shape index (κ3) is 4.67. The fourth-order valence-electron chi connectivity index (χ4n) is 3.80. The van der Waals surface area contributed by atoms with Crippen molar-refractivity contribution in [2.24, 2.45) is 5.73 Å². The fraction of sp³-hybridized carbons (Fsp3) is 0.160. The third-order valence-electron chi connectivity index (χ3n) is 5.69. The molecule has 1 heterocycles. The largest absolute Gasteiger partial charge is 0.494 e. The standard InChI is InChI=1S/C25H21BrF2N4O4/c1-36-21-12-6-11-20(22(21)28)32-24(34)30(13-16-17(26)9-5-10-18(16)27)23(33)31(25(32)35)14-19(29)15-7-3-2-4-8-15/h2-12,19H,13-14,29H2,1H3. The van der Waals surface area contributed by atoms with E-state index in [0.717, 1.165) is 4.57 Å². The number of ether oxygens (including phenoxy) is 1. The highest BCUT2D eigenvalue weighted by Crippen LogP contribution is 2.22. The summed E-state index contributed by atoms with van der Waals surface area (Å²) in [5.74, 6) is -1.86. The molecule has 0 bridgehead atoms. The summed E-state index contributed by atoms with van der Waals surface area (Å²) in [5, 5.41) is 0. The second-order valence-corrected chi connectivity index (χ2v) is 8.74. The number of benzene rings is 3. The molecule has 1 unspecified atom stereocenters. The van der Waals surface area contributed by atoms with Gasteiger partial charge in [-0.15, -0.1) is 0 Å². The molecule has 0 saturated carbocycles. The number of nitrogens with zero attached hydrogens (tertiary/aromatic N) is 3. The molecule has 4 rings (SSSR count). The Hall–Kier alpha value is -3.83. The van der Waals surface area contributed by atoms with E-state index in [1.807, 2.05) is 0 Å². The first kappa shape index (κ1) is 25.3. The van der Waals surface area contributed by atoms with Crippen LogP contribution in [0.3, 0.4) is 0 Å². The molecule has 2 N–H and O–H groups in total. The van der Waals surface area contributed by atoms with E-state index in [-0.39, 0.29) is 17.9 Å². The molecular weight excluding hydrogens is 538 g/mol. The molecule has 1 atom stereocenters. The van der Waals surface area contributed by atoms with Crippen molar-refractivity contribution in [1.29, 1.82) is 0 Å². The zero-order valence-electron chi connectivity index (χ0n) is 19.0. The second kappa shape index (κ2) is 10.4. The molecule has 0 saturated heterocycles. The van der Waals surface area contributed by atoms with Gasteiger partial charge in [0.15, 0.2) is 11.6 Å². The molecule has 0 aliphatic heterocycles. The molecule has 0 amide bonds. The van der Waals surface area contributed by atoms with Gasteiger partial charge in [0, 0.05) is 16.1 Å². The number of methoxy groups -OCH3 is 1. The van der Waals surface area contributed by atoms with Crippen LogP contribution in [0.1, 0.15) is 17.2 Å². The molecule has 0 spiro atoms. The first-order valence-electron chi connectivity index (χ1n) is 10.8. The Morgan fingerprint density at radius 1 is 0.889 bits per heavy atom. The van der Waals surface area contributed by atoms with Gasteiger partial charge in [-0.05, 0) is 29.8 Å². The number of hydrogen-bond donors (Lipinski definition) is 1. The van der Waals surface area contributed by atoms with Crippen LogP contribution in [-0.4, -0.2) is 20.8 Å². The number of rotatable bonds is 7. The molecular formula is C25H21BrF2N4O4. The van der Waals surface area contributed by atoms with Gasteiger partial charge in [0.05, 0.1) is 25.9 Å². The van der Waals surface area contributed by atoms with Crippen LogP contribution in [-0.2, 0) is 13.1 Å². The van der Waals surface area contributed by atoms with E-state index in [9.17, 15) is 18.8 Å². The zero-order chi connectivity index (χ0) is 26.0. The predicted molar refractivity (Wildman–Crippen MR) is 134 cm³/mol. The van der Waals surface area contributed by atoms with Gasteiger partial charge in [0.25, 0.3) is 0 Å². The number of halogens is 3. The Balaban J connectivity index is 1.99. The van der Waals surface area contributed by atoms with Gasteiger partial charge >= 0.3 is 17.1 Å². The van der Waals surface area contributed by atoms with Crippen molar-refractivity contribution in [3.63, 3.8) is 0 Å². The van der Waals surface area contributed by atoms with Gasteiger partial charge in [0.2, 0.25) is 0 Å². The minimum absolute atomic E-state index is 0.00641. The molecule has 0 radical (unpaired) electrons. The fourth-order valence-corrected chi connectivity index (χ4v) is 4.27. The summed E-state index contributed by atoms with van der Waals surface area (Å²) in [4.78, 5) is 40.3. The highest BCUT2D eigenvalue weighted by atomic mass is 79.9. The smallest absolute Gasteiger partial charge is 0.341 e. The van der Waals surface area contributed by atoms with Crippen molar-refractivity contribution in [3.8, 4) is 11.4 Å². The van der Waals surface area contributed by atoms with Crippen LogP contribution < -0.4 is 27.5 Å². The van der Waals surface area contributed by atoms with Crippen molar-refractivity contribution in [2.75, 3.05) is 7.11 Å². The maximum Gasteiger partial charge on any atom is 0.341 e. The zero-order valence-corrected chi connectivity index (χ0v) is 20.6. The summed E-state index contributed by atoms with van der Waals surface area (Å²) in [5.41, 5.74) is 3.24. The van der Waals surface area contributed by atoms with Crippen LogP contribution in [0.25, 0.3) is 5.69 Å². The lowest BCUT2D eigenvalue weighted by Gasteiger charge is -2.18. The molecule has 1 aromatic heterocycles. The van der Waals surface area contributed by atoms with E-state index < -0.39 is 47.0 Å². The van der Waals surface area contributed by atoms with Gasteiger partial charge < -0.3 is 10.5 Å². The van der Waals surface area contributed by atoms with E-state index in [1.54, 1.807) is 36.4 Å². The van der Waals surface area contributed by atoms with Crippen molar-refractivity contribution in [3.05, 3.63) is 125 Å². The molecule has 0 fully saturated rings. The molecule has 11 heteroatoms. The Kier molecular flexibility index (Phi) is 7.32. The maximum absolute atomic E-state index is 15.2. The predicted octanol–water partition coefficient (Wildman–Crippen LogP) is 2.96. The average molecular weight is 559 g/mol. The highest BCUT2D eigenvalue weighted by Gasteiger charge is 2.23. The van der Waals surface area contributed by atoms with Crippen LogP contribution in [0, 0.1) is 11.6 Å². The Morgan fingerprint density at radius 3 is 2.22 bits per heavy atom. The Morgan fingerprint density at radius 2 is 1.56 bits per heavy atom. The Bertz CT molecular complexity index is 1580. The third-order valence-corrected chi connectivity index (χ3v) is 6.44. The minimum Gasteiger partial charge on any atom is -0.494 e. The molecule has 8 nitrogen and oxygen atoms in total. The quantitative estimate of drug-likeness (QED) is 0.376. The van der Waals surface area contributed by atoms with Crippen LogP contribution >= 0.6 is 15.9 Å². The lowest BCUT2D eigenvalue weighted by molar-refractivity contribution is 0.384. The molecule has 186 valence electrons. The van der Waals surface area contributed by atoms with Crippen LogP contribution in [0.5, 0.6) is 5.75 Å². The minimum atomic E-state index is -1.14. The summed E-state index contributed by atoms with van der Waals surface area (Å²) in [6, 6.07) is 16.0. The second-order valence-electron chi connectivity index (χ2n) is 7.89. The average Bonchev–Trinajstić information content (AvgIpc) is 2.87. The van der Waals surface area contributed by atoms with Gasteiger partial charge in [-0.3, -0.25) is 0 Å². The van der Waals surface area contributed by atoms with Crippen LogP contribution in [0.2, 0.25) is 0 Å². The van der Waals surface area contributed by atoms with E-state index in [2.05, 4.69) is 15.9 Å². The molecule has 3 aromatic carbocycles. The molecule has 4 aromatic rings. The van der Waals surface area contributed by atoms with Crippen molar-refractivity contribution in [2.45, 2.75) is 19.1 Å². The lowest BCUT2D eigenvalue weighted by Crippen LogP contribution is -2.55. The van der Waals surface area contributed by atoms with Gasteiger partial charge in [0.1, 0.15) is 5.82 Å². The molecule has 0 aliphatic carbocycles. The van der Waals surface area contributed by atoms with Gasteiger partial charge in [-0.1, -0.05) is 58.4 Å². The molecule has 36 heavy (non-hydrogen) atoms. The summed E-state index contributed by atoms with van der Waals surface area (Å²) >= 11 is 3.22. The summed E-state index contributed by atoms with van der Waals surface area (Å²) in [7, 11) is 1.23. The SMILES string of the molecule is COc1cccc(-n2c(=O)n(Cc3c(F)cccc3Br)c(=O)n(CC(N)c3ccccc3)c2=O)c1F. The van der Waals surface area contributed by atoms with E-state index in [1.165, 1.54) is 37.4 Å². The summed E-state index contributed by atoms with van der Waals surface area (Å²) < 4.78 is 36.9. The van der Waals surface area contributed by atoms with Crippen molar-refractivity contribution < 1.29 is 13.5 Å². The van der Waals surface area contributed by atoms with Gasteiger partial charge in [-0.25, -0.2) is 36.9 Å². The summed E-state index contributed by atoms with van der Waals surface area (Å²) in [6.07, 6.45) is 0. The van der Waals surface area contributed by atoms with Crippen LogP contribution in [0.4, 0.5) is 8.78 Å². The number of nitrogens with two attached hydrogens (primary N) is 1. The van der Waals surface area contributed by atoms with E-state index in [4.69, 9.17) is 10.5 Å². The number of hydrogen-bond acceptors (Lipinski definition) is 5. The molecule has 0 aliphatic rings. The van der Waals surface area contributed by atoms with Crippen molar-refractivity contribution >= 4 is 15.9 Å². The Labute approximate surface area is 211 Å². The van der Waals surface area contributed by atoms with E-state index in [0.29, 0.717) is 19.2 Å². The van der Waals surface area contributed by atoms with Crippen molar-refractivity contribution in [1.82, 2.24) is 13.7 Å². The van der Waals surface area contributed by atoms with E-state index >= 15 is 4.39 Å². The topological polar surface area (TPSA) is 101 Å². The first-order valence-corrected chi connectivity index (χ1v) is 11.6. The lowest BCUT2D eigenvalue weighted by atomic mass is 10.1. The summed E-state index contributed by atoms with van der Waals surface area (Å²) in [6.45, 7) is -0.830. The monoisotopic (exact) mass is 558 g/mol.